The van der Waals surface area contributed by atoms with Gasteiger partial charge < -0.3 is 151 Å². The van der Waals surface area contributed by atoms with Crippen LogP contribution in [0, 0.1) is 0 Å². The molecule has 6 aliphatic rings. The van der Waals surface area contributed by atoms with Gasteiger partial charge in [0, 0.05) is 48.5 Å². The molecule has 37 nitrogen and oxygen atoms in total. The maximum absolute atomic E-state index is 13.2. The average molecular weight is 1260 g/mol. The third-order valence-electron chi connectivity index (χ3n) is 15.2. The highest BCUT2D eigenvalue weighted by molar-refractivity contribution is 5.76. The molecular formula is C50H83N7O30. The Hall–Kier alpha value is -4.63. The number of carbonyl (C=O) groups is 7. The zero-order valence-electron chi connectivity index (χ0n) is 48.6. The fraction of sp³-hybridized carbons (Fsp3) is 0.860. The molecular weight excluding hydrogens is 1180 g/mol. The summed E-state index contributed by atoms with van der Waals surface area (Å²) in [4.78, 5) is 88.5. The first-order chi connectivity index (χ1) is 40.9. The SMILES string of the molecule is CC(=O)N[C@@H]1[C@@H](O[C@H]2O[C@H](CO)[C@H](O[C@H]3O[C@H](CO)[C@H](O[C@H]4O[C@H](CO[C@H]5O[C@H](CO)[C@@H](O)[C@H](O)[C@H]5NC(C)=O)[C@@H](O)[C@H](O[C@@H]5O[C@H](CO)[C@@H](O)[C@H](O)[C@H]5NC(C)=O)[C@H]4NC(C)=O)[C@H](O)[C@H]3NC(C)=O)[C@H](O)[C@H]2NC(C)=O)[C@H](NC(C)=O)[C@@H](C)O[C@@H]1O. The van der Waals surface area contributed by atoms with Crippen molar-refractivity contribution in [3.8, 4) is 0 Å². The molecule has 6 heterocycles. The van der Waals surface area contributed by atoms with E-state index in [2.05, 4.69) is 37.2 Å². The van der Waals surface area contributed by atoms with E-state index in [4.69, 9.17) is 52.1 Å². The van der Waals surface area contributed by atoms with E-state index in [1.54, 1.807) is 0 Å². The predicted molar refractivity (Wildman–Crippen MR) is 279 cm³/mol. The summed E-state index contributed by atoms with van der Waals surface area (Å²) in [6, 6.07) is -11.1. The summed E-state index contributed by atoms with van der Waals surface area (Å²) in [5.74, 6) is -5.33. The Bertz CT molecular complexity index is 2310. The lowest BCUT2D eigenvalue weighted by Gasteiger charge is -2.52. The van der Waals surface area contributed by atoms with E-state index in [0.717, 1.165) is 41.5 Å². The van der Waals surface area contributed by atoms with E-state index in [9.17, 15) is 94.8 Å². The number of ether oxygens (including phenoxy) is 11. The highest BCUT2D eigenvalue weighted by atomic mass is 16.8. The predicted octanol–water partition coefficient (Wildman–Crippen LogP) is -12.1. The standard InChI is InChI=1S/C50H83N7O30/c1-14-27(51-15(2)62)43(32(45(76)78-14)56-20(7)67)86-49-31(55-19(6)66)40(75)41(24(11-60)82-49)84-48-30(54-18(5)65)39(74)42(25(12-61)81-48)85-50-33(57-21(8)68)44(87-47-29(53-17(4)64)38(73)35(70)23(10-59)80-47)36(71)26(83-50)13-77-46-28(52-16(3)63)37(72)34(69)22(9-58)79-46/h14,22-50,58-61,69-76H,9-13H2,1-8H3,(H,51,62)(H,52,63)(H,53,64)(H,54,65)(H,55,66)(H,56,67)(H,57,68)/t14-,22-,23-,24-,25-,26-,27-,28-,29-,30-,31-,32-,33-,34-,35-,36-,37-,38-,39-,40-,41+,42+,43+,44-,45+,46+,47+,48-,49-,50-/m1/s1. The highest BCUT2D eigenvalue weighted by Gasteiger charge is 2.58. The molecule has 19 N–H and O–H groups in total. The van der Waals surface area contributed by atoms with Crippen molar-refractivity contribution in [2.75, 3.05) is 33.0 Å². The minimum atomic E-state index is -2.13. The van der Waals surface area contributed by atoms with Gasteiger partial charge in [-0.2, -0.15) is 0 Å². The maximum atomic E-state index is 13.2. The van der Waals surface area contributed by atoms with Gasteiger partial charge in [0.15, 0.2) is 37.7 Å². The largest absolute Gasteiger partial charge is 0.394 e. The molecule has 498 valence electrons. The average Bonchev–Trinajstić information content (AvgIpc) is 1.27. The van der Waals surface area contributed by atoms with Crippen LogP contribution in [0.3, 0.4) is 0 Å². The first-order valence-corrected chi connectivity index (χ1v) is 27.9. The van der Waals surface area contributed by atoms with Crippen LogP contribution in [0.15, 0.2) is 0 Å². The van der Waals surface area contributed by atoms with E-state index in [1.165, 1.54) is 13.8 Å². The maximum Gasteiger partial charge on any atom is 0.217 e. The Morgan fingerprint density at radius 1 is 0.322 bits per heavy atom. The van der Waals surface area contributed by atoms with E-state index in [0.29, 0.717) is 0 Å². The monoisotopic (exact) mass is 1260 g/mol. The second kappa shape index (κ2) is 31.4. The fourth-order valence-electron chi connectivity index (χ4n) is 11.2. The number of carbonyl (C=O) groups excluding carboxylic acids is 7. The molecule has 6 aliphatic heterocycles. The first kappa shape index (κ1) is 71.4. The number of rotatable bonds is 22. The van der Waals surface area contributed by atoms with Gasteiger partial charge in [-0.1, -0.05) is 0 Å². The molecule has 0 spiro atoms. The molecule has 0 unspecified atom stereocenters. The molecule has 0 aromatic carbocycles. The molecule has 30 atom stereocenters. The van der Waals surface area contributed by atoms with E-state index in [-0.39, 0.29) is 0 Å². The molecule has 7 amide bonds. The van der Waals surface area contributed by atoms with Gasteiger partial charge >= 0.3 is 0 Å². The minimum Gasteiger partial charge on any atom is -0.394 e. The summed E-state index contributed by atoms with van der Waals surface area (Å²) < 4.78 is 66.7. The van der Waals surface area contributed by atoms with Gasteiger partial charge in [0.2, 0.25) is 41.4 Å². The molecule has 0 aliphatic carbocycles. The van der Waals surface area contributed by atoms with E-state index in [1.807, 2.05) is 0 Å². The second-order valence-corrected chi connectivity index (χ2v) is 21.9. The van der Waals surface area contributed by atoms with Crippen molar-refractivity contribution in [2.45, 2.75) is 239 Å². The fourth-order valence-corrected chi connectivity index (χ4v) is 11.2. The molecule has 0 saturated carbocycles. The van der Waals surface area contributed by atoms with Gasteiger partial charge in [0.1, 0.15) is 134 Å². The van der Waals surface area contributed by atoms with Crippen molar-refractivity contribution in [2.24, 2.45) is 0 Å². The number of amides is 7. The molecule has 6 rings (SSSR count). The number of aliphatic hydroxyl groups is 12. The van der Waals surface area contributed by atoms with Gasteiger partial charge in [-0.25, -0.2) is 0 Å². The molecule has 0 aromatic heterocycles. The smallest absolute Gasteiger partial charge is 0.217 e. The van der Waals surface area contributed by atoms with Crippen LogP contribution in [0.2, 0.25) is 0 Å². The summed E-state index contributed by atoms with van der Waals surface area (Å²) in [7, 11) is 0. The normalized spacial score (nSPS) is 43.2. The summed E-state index contributed by atoms with van der Waals surface area (Å²) in [5, 5.41) is 151. The quantitative estimate of drug-likeness (QED) is 0.0479. The van der Waals surface area contributed by atoms with Crippen molar-refractivity contribution in [3.63, 3.8) is 0 Å². The van der Waals surface area contributed by atoms with Gasteiger partial charge in [-0.3, -0.25) is 33.6 Å². The van der Waals surface area contributed by atoms with Crippen LogP contribution in [0.25, 0.3) is 0 Å². The van der Waals surface area contributed by atoms with Crippen LogP contribution in [0.4, 0.5) is 0 Å². The first-order valence-electron chi connectivity index (χ1n) is 27.9. The third-order valence-corrected chi connectivity index (χ3v) is 15.2. The van der Waals surface area contributed by atoms with Crippen LogP contribution in [0.5, 0.6) is 0 Å². The van der Waals surface area contributed by atoms with Crippen LogP contribution in [-0.4, -0.2) is 319 Å². The molecule has 0 aromatic rings. The third kappa shape index (κ3) is 17.3. The Morgan fingerprint density at radius 3 is 1.02 bits per heavy atom. The van der Waals surface area contributed by atoms with Crippen molar-refractivity contribution in [1.82, 2.24) is 37.2 Å². The minimum absolute atomic E-state index is 0.593. The number of hydrogen-bond donors (Lipinski definition) is 19. The molecule has 87 heavy (non-hydrogen) atoms. The Kier molecular flexibility index (Phi) is 25.8. The lowest BCUT2D eigenvalue weighted by molar-refractivity contribution is -0.367. The van der Waals surface area contributed by atoms with Crippen molar-refractivity contribution >= 4 is 41.4 Å². The second-order valence-electron chi connectivity index (χ2n) is 21.9. The van der Waals surface area contributed by atoms with Gasteiger partial charge in [-0.15, -0.1) is 0 Å². The van der Waals surface area contributed by atoms with E-state index < -0.39 is 258 Å². The van der Waals surface area contributed by atoms with Crippen LogP contribution < -0.4 is 37.2 Å². The molecule has 0 radical (unpaired) electrons. The number of nitrogens with one attached hydrogen (secondary N) is 7. The summed E-state index contributed by atoms with van der Waals surface area (Å²) >= 11 is 0. The van der Waals surface area contributed by atoms with Crippen molar-refractivity contribution < 1.29 is 147 Å². The highest BCUT2D eigenvalue weighted by Crippen LogP contribution is 2.37. The molecule has 0 bridgehead atoms. The zero-order chi connectivity index (χ0) is 64.6. The molecule has 37 heteroatoms. The Morgan fingerprint density at radius 2 is 0.621 bits per heavy atom. The summed E-state index contributed by atoms with van der Waals surface area (Å²) in [6.07, 6.45) is -41.4. The van der Waals surface area contributed by atoms with Gasteiger partial charge in [0.05, 0.1) is 45.2 Å². The lowest BCUT2D eigenvalue weighted by Crippen LogP contribution is -2.73. The van der Waals surface area contributed by atoms with Crippen molar-refractivity contribution in [3.05, 3.63) is 0 Å². The number of aliphatic hydroxyl groups excluding tert-OH is 12. The van der Waals surface area contributed by atoms with Crippen LogP contribution in [-0.2, 0) is 85.7 Å². The van der Waals surface area contributed by atoms with Crippen LogP contribution in [0.1, 0.15) is 55.4 Å². The summed E-state index contributed by atoms with van der Waals surface area (Å²) in [5.41, 5.74) is 0. The van der Waals surface area contributed by atoms with Crippen molar-refractivity contribution in [1.29, 1.82) is 0 Å². The Labute approximate surface area is 496 Å². The lowest BCUT2D eigenvalue weighted by atomic mass is 9.92. The zero-order valence-corrected chi connectivity index (χ0v) is 48.6. The molecule has 6 saturated heterocycles. The number of hydrogen-bond acceptors (Lipinski definition) is 30. The van der Waals surface area contributed by atoms with E-state index >= 15 is 0 Å². The summed E-state index contributed by atoms with van der Waals surface area (Å²) in [6.45, 7) is 4.16. The Balaban J connectivity index is 1.35. The van der Waals surface area contributed by atoms with Gasteiger partial charge in [0.25, 0.3) is 0 Å². The topological polar surface area (TPSA) is 548 Å². The van der Waals surface area contributed by atoms with Crippen LogP contribution >= 0.6 is 0 Å². The van der Waals surface area contributed by atoms with Gasteiger partial charge in [-0.05, 0) is 6.92 Å². The molecule has 6 fully saturated rings.